The SMILES string of the molecule is COC(=O)C[C@@H]1COc2cc(N(C(=O)C(F)(F)F)[C@@H]3COc4c(Nc5cc(F)c(F)cc5N)cccc43)ccc21. The molecule has 13 heteroatoms. The van der Waals surface area contributed by atoms with Crippen LogP contribution in [0.3, 0.4) is 0 Å². The molecule has 0 radical (unpaired) electrons. The average Bonchev–Trinajstić information content (AvgIpc) is 3.51. The first-order valence-corrected chi connectivity index (χ1v) is 12.0. The van der Waals surface area contributed by atoms with E-state index in [-0.39, 0.29) is 65.4 Å². The van der Waals surface area contributed by atoms with Gasteiger partial charge in [0.1, 0.15) is 18.1 Å². The molecule has 0 fully saturated rings. The van der Waals surface area contributed by atoms with E-state index in [1.807, 2.05) is 0 Å². The number of fused-ring (bicyclic) bond motifs is 2. The van der Waals surface area contributed by atoms with Crippen molar-refractivity contribution in [1.29, 1.82) is 0 Å². The van der Waals surface area contributed by atoms with Crippen LogP contribution in [0.15, 0.2) is 48.5 Å². The van der Waals surface area contributed by atoms with E-state index in [2.05, 4.69) is 10.1 Å². The van der Waals surface area contributed by atoms with Crippen molar-refractivity contribution in [3.05, 3.63) is 71.3 Å². The minimum Gasteiger partial charge on any atom is -0.493 e. The van der Waals surface area contributed by atoms with Gasteiger partial charge in [-0.3, -0.25) is 14.5 Å². The summed E-state index contributed by atoms with van der Waals surface area (Å²) in [6.07, 6.45) is -5.19. The van der Waals surface area contributed by atoms with Crippen LogP contribution in [0.2, 0.25) is 0 Å². The number of hydrogen-bond acceptors (Lipinski definition) is 7. The molecule has 0 aromatic heterocycles. The van der Waals surface area contributed by atoms with E-state index in [4.69, 9.17) is 15.2 Å². The van der Waals surface area contributed by atoms with Crippen LogP contribution in [0.4, 0.5) is 44.7 Å². The first-order valence-electron chi connectivity index (χ1n) is 12.0. The first kappa shape index (κ1) is 27.0. The van der Waals surface area contributed by atoms with Gasteiger partial charge in [0, 0.05) is 40.9 Å². The number of halogens is 5. The van der Waals surface area contributed by atoms with Crippen molar-refractivity contribution in [2.45, 2.75) is 24.6 Å². The van der Waals surface area contributed by atoms with Crippen LogP contribution in [0.25, 0.3) is 0 Å². The molecule has 0 spiro atoms. The number of nitrogens with one attached hydrogen (secondary N) is 1. The molecule has 1 amide bonds. The maximum atomic E-state index is 13.8. The van der Waals surface area contributed by atoms with Gasteiger partial charge < -0.3 is 25.3 Å². The van der Waals surface area contributed by atoms with Gasteiger partial charge in [0.15, 0.2) is 11.6 Å². The lowest BCUT2D eigenvalue weighted by atomic mass is 9.97. The van der Waals surface area contributed by atoms with E-state index in [9.17, 15) is 31.5 Å². The second-order valence-corrected chi connectivity index (χ2v) is 9.21. The highest BCUT2D eigenvalue weighted by Gasteiger charge is 2.48. The number of benzene rings is 3. The van der Waals surface area contributed by atoms with Crippen LogP contribution in [0.5, 0.6) is 11.5 Å². The Labute approximate surface area is 224 Å². The molecule has 2 aliphatic rings. The molecule has 0 unspecified atom stereocenters. The second kappa shape index (κ2) is 10.2. The number of ether oxygens (including phenoxy) is 3. The maximum absolute atomic E-state index is 13.8. The fourth-order valence-corrected chi connectivity index (χ4v) is 4.80. The van der Waals surface area contributed by atoms with Crippen LogP contribution in [-0.4, -0.2) is 38.4 Å². The van der Waals surface area contributed by atoms with Crippen LogP contribution >= 0.6 is 0 Å². The zero-order valence-electron chi connectivity index (χ0n) is 20.9. The van der Waals surface area contributed by atoms with Crippen molar-refractivity contribution in [1.82, 2.24) is 0 Å². The summed E-state index contributed by atoms with van der Waals surface area (Å²) >= 11 is 0. The van der Waals surface area contributed by atoms with E-state index in [1.165, 1.54) is 43.5 Å². The van der Waals surface area contributed by atoms with E-state index >= 15 is 0 Å². The molecule has 3 aromatic carbocycles. The molecule has 3 N–H and O–H groups in total. The molecule has 210 valence electrons. The predicted octanol–water partition coefficient (Wildman–Crippen LogP) is 5.36. The lowest BCUT2D eigenvalue weighted by molar-refractivity contribution is -0.171. The quantitative estimate of drug-likeness (QED) is 0.237. The molecule has 2 aliphatic heterocycles. The van der Waals surface area contributed by atoms with E-state index in [0.717, 1.165) is 12.1 Å². The molecule has 8 nitrogen and oxygen atoms in total. The number of carbonyl (C=O) groups excluding carboxylic acids is 2. The van der Waals surface area contributed by atoms with Gasteiger partial charge in [-0.2, -0.15) is 13.2 Å². The number of nitrogens with two attached hydrogens (primary N) is 1. The number of alkyl halides is 3. The minimum absolute atomic E-state index is 0.0138. The van der Waals surface area contributed by atoms with Gasteiger partial charge >= 0.3 is 18.1 Å². The Morgan fingerprint density at radius 1 is 1.02 bits per heavy atom. The van der Waals surface area contributed by atoms with Gasteiger partial charge in [0.25, 0.3) is 0 Å². The predicted molar refractivity (Wildman–Crippen MR) is 134 cm³/mol. The molecule has 5 rings (SSSR count). The number of carbonyl (C=O) groups is 2. The highest BCUT2D eigenvalue weighted by molar-refractivity contribution is 5.98. The summed E-state index contributed by atoms with van der Waals surface area (Å²) in [7, 11) is 1.25. The number of methoxy groups -OCH3 is 1. The van der Waals surface area contributed by atoms with Crippen LogP contribution in [-0.2, 0) is 14.3 Å². The molecule has 2 heterocycles. The molecule has 0 bridgehead atoms. The normalized spacial score (nSPS) is 17.4. The Morgan fingerprint density at radius 2 is 1.77 bits per heavy atom. The third kappa shape index (κ3) is 4.94. The fraction of sp³-hybridized carbons (Fsp3) is 0.259. The number of nitrogen functional groups attached to an aromatic ring is 1. The monoisotopic (exact) mass is 563 g/mol. The first-order chi connectivity index (χ1) is 19.0. The summed E-state index contributed by atoms with van der Waals surface area (Å²) in [6.45, 7) is -0.204. The van der Waals surface area contributed by atoms with Gasteiger partial charge in [-0.1, -0.05) is 18.2 Å². The Kier molecular flexibility index (Phi) is 6.90. The Hall–Kier alpha value is -4.55. The van der Waals surface area contributed by atoms with Crippen molar-refractivity contribution in [3.8, 4) is 11.5 Å². The van der Waals surface area contributed by atoms with E-state index in [1.54, 1.807) is 0 Å². The van der Waals surface area contributed by atoms with Gasteiger partial charge in [-0.05, 0) is 12.1 Å². The number of amides is 1. The van der Waals surface area contributed by atoms with Gasteiger partial charge in [0.2, 0.25) is 0 Å². The maximum Gasteiger partial charge on any atom is 0.471 e. The molecular weight excluding hydrogens is 541 g/mol. The van der Waals surface area contributed by atoms with Crippen molar-refractivity contribution < 1.29 is 45.8 Å². The standard InChI is InChI=1S/C27H22F5N3O5/c1-38-24(36)7-13-11-39-23-8-14(5-6-15(13)23)35(26(37)27(30,31)32)22-12-40-25-16(22)3-2-4-20(25)34-21-10-18(29)17(28)9-19(21)33/h2-6,8-10,13,22,34H,7,11-12,33H2,1H3/t13-,22-/m1/s1. The fourth-order valence-electron chi connectivity index (χ4n) is 4.80. The van der Waals surface area contributed by atoms with E-state index < -0.39 is 35.7 Å². The van der Waals surface area contributed by atoms with Crippen molar-refractivity contribution in [3.63, 3.8) is 0 Å². The molecule has 3 aromatic rings. The molecule has 0 saturated heterocycles. The topological polar surface area (TPSA) is 103 Å². The number of hydrogen-bond donors (Lipinski definition) is 2. The highest BCUT2D eigenvalue weighted by Crippen LogP contribution is 2.47. The number of anilines is 4. The van der Waals surface area contributed by atoms with Crippen molar-refractivity contribution in [2.24, 2.45) is 0 Å². The Bertz CT molecular complexity index is 1500. The average molecular weight is 563 g/mol. The molecular formula is C27H22F5N3O5. The van der Waals surface area contributed by atoms with Gasteiger partial charge in [-0.25, -0.2) is 8.78 Å². The highest BCUT2D eigenvalue weighted by atomic mass is 19.4. The summed E-state index contributed by atoms with van der Waals surface area (Å²) in [5.74, 6) is -4.88. The smallest absolute Gasteiger partial charge is 0.471 e. The minimum atomic E-state index is -5.22. The third-order valence-electron chi connectivity index (χ3n) is 6.72. The van der Waals surface area contributed by atoms with Crippen LogP contribution in [0, 0.1) is 11.6 Å². The van der Waals surface area contributed by atoms with Gasteiger partial charge in [-0.15, -0.1) is 0 Å². The summed E-state index contributed by atoms with van der Waals surface area (Å²) in [5.41, 5.74) is 6.67. The number of para-hydroxylation sites is 1. The molecule has 0 aliphatic carbocycles. The number of esters is 1. The second-order valence-electron chi connectivity index (χ2n) is 9.21. The third-order valence-corrected chi connectivity index (χ3v) is 6.72. The van der Waals surface area contributed by atoms with Crippen molar-refractivity contribution >= 4 is 34.6 Å². The lowest BCUT2D eigenvalue weighted by Gasteiger charge is -2.29. The molecule has 40 heavy (non-hydrogen) atoms. The lowest BCUT2D eigenvalue weighted by Crippen LogP contribution is -2.44. The van der Waals surface area contributed by atoms with E-state index in [0.29, 0.717) is 10.5 Å². The summed E-state index contributed by atoms with van der Waals surface area (Å²) in [6, 6.07) is 9.15. The summed E-state index contributed by atoms with van der Waals surface area (Å²) in [4.78, 5) is 25.0. The zero-order valence-corrected chi connectivity index (χ0v) is 20.9. The Balaban J connectivity index is 1.51. The summed E-state index contributed by atoms with van der Waals surface area (Å²) in [5, 5.41) is 2.82. The largest absolute Gasteiger partial charge is 0.493 e. The number of rotatable bonds is 6. The Morgan fingerprint density at radius 3 is 2.50 bits per heavy atom. The van der Waals surface area contributed by atoms with Crippen molar-refractivity contribution in [2.75, 3.05) is 36.3 Å². The zero-order chi connectivity index (χ0) is 28.8. The van der Waals surface area contributed by atoms with Crippen LogP contribution < -0.4 is 25.4 Å². The molecule has 2 atom stereocenters. The number of nitrogens with zero attached hydrogens (tertiary/aromatic N) is 1. The summed E-state index contributed by atoms with van der Waals surface area (Å²) < 4.78 is 84.8. The van der Waals surface area contributed by atoms with Gasteiger partial charge in [0.05, 0.1) is 43.2 Å². The van der Waals surface area contributed by atoms with Crippen LogP contribution in [0.1, 0.15) is 29.5 Å². The molecule has 0 saturated carbocycles.